The van der Waals surface area contributed by atoms with E-state index in [9.17, 15) is 4.79 Å². The van der Waals surface area contributed by atoms with Crippen molar-refractivity contribution in [1.82, 2.24) is 9.38 Å². The summed E-state index contributed by atoms with van der Waals surface area (Å²) in [6, 6.07) is 9.85. The first-order valence-electron chi connectivity index (χ1n) is 6.21. The van der Waals surface area contributed by atoms with Gasteiger partial charge >= 0.3 is 5.97 Å². The van der Waals surface area contributed by atoms with E-state index >= 15 is 0 Å². The van der Waals surface area contributed by atoms with Crippen LogP contribution in [0.2, 0.25) is 5.02 Å². The molecule has 2 aromatic heterocycles. The molecule has 1 N–H and O–H groups in total. The number of carboxylic acid groups (broad SMARTS) is 1. The van der Waals surface area contributed by atoms with Crippen LogP contribution in [0.5, 0.6) is 5.75 Å². The molecule has 0 saturated carbocycles. The van der Waals surface area contributed by atoms with Crippen LogP contribution in [0, 0.1) is 0 Å². The van der Waals surface area contributed by atoms with Crippen molar-refractivity contribution in [1.29, 1.82) is 0 Å². The third kappa shape index (κ3) is 2.98. The number of hydrogen-bond donors (Lipinski definition) is 1. The number of pyridine rings is 1. The van der Waals surface area contributed by atoms with Crippen molar-refractivity contribution < 1.29 is 14.6 Å². The number of aromatic nitrogens is 2. The third-order valence-corrected chi connectivity index (χ3v) is 3.18. The summed E-state index contributed by atoms with van der Waals surface area (Å²) in [5.41, 5.74) is 1.78. The van der Waals surface area contributed by atoms with Gasteiger partial charge in [-0.05, 0) is 36.4 Å². The molecule has 0 aliphatic rings. The maximum absolute atomic E-state index is 10.8. The molecule has 6 heteroatoms. The van der Waals surface area contributed by atoms with Gasteiger partial charge in [0.15, 0.2) is 0 Å². The minimum atomic E-state index is -0.959. The molecular formula is C15H11ClN2O3. The Morgan fingerprint density at radius 2 is 1.95 bits per heavy atom. The summed E-state index contributed by atoms with van der Waals surface area (Å²) in [6.45, 7) is 0.297. The van der Waals surface area contributed by atoms with Crippen LogP contribution in [-0.4, -0.2) is 20.5 Å². The van der Waals surface area contributed by atoms with Crippen LogP contribution in [0.1, 0.15) is 16.1 Å². The molecule has 0 atom stereocenters. The molecule has 0 amide bonds. The van der Waals surface area contributed by atoms with E-state index in [0.29, 0.717) is 17.4 Å². The smallest absolute Gasteiger partial charge is 0.335 e. The average molecular weight is 303 g/mol. The molecule has 3 rings (SSSR count). The van der Waals surface area contributed by atoms with Crippen molar-refractivity contribution in [2.24, 2.45) is 0 Å². The summed E-state index contributed by atoms with van der Waals surface area (Å²) in [5, 5.41) is 9.46. The van der Waals surface area contributed by atoms with Gasteiger partial charge in [0.1, 0.15) is 18.0 Å². The predicted octanol–water partition coefficient (Wildman–Crippen LogP) is 3.26. The Morgan fingerprint density at radius 1 is 1.19 bits per heavy atom. The third-order valence-electron chi connectivity index (χ3n) is 2.95. The highest BCUT2D eigenvalue weighted by atomic mass is 35.5. The van der Waals surface area contributed by atoms with Gasteiger partial charge in [-0.25, -0.2) is 9.78 Å². The second-order valence-electron chi connectivity index (χ2n) is 4.46. The molecule has 106 valence electrons. The Kier molecular flexibility index (Phi) is 3.50. The Bertz CT molecular complexity index is 796. The molecule has 0 saturated heterocycles. The standard InChI is InChI=1S/C15H11ClN2O3/c16-11-3-6-14-17-12(8-18(14)7-11)9-21-13-4-1-10(2-5-13)15(19)20/h1-8H,9H2,(H,19,20). The number of aromatic carboxylic acids is 1. The lowest BCUT2D eigenvalue weighted by Gasteiger charge is -2.04. The van der Waals surface area contributed by atoms with Gasteiger partial charge in [-0.15, -0.1) is 0 Å². The van der Waals surface area contributed by atoms with E-state index in [2.05, 4.69) is 4.98 Å². The van der Waals surface area contributed by atoms with Crippen LogP contribution in [0.15, 0.2) is 48.8 Å². The molecule has 2 heterocycles. The minimum absolute atomic E-state index is 0.227. The number of hydrogen-bond acceptors (Lipinski definition) is 3. The van der Waals surface area contributed by atoms with Crippen molar-refractivity contribution in [3.8, 4) is 5.75 Å². The summed E-state index contributed by atoms with van der Waals surface area (Å²) < 4.78 is 7.41. The summed E-state index contributed by atoms with van der Waals surface area (Å²) >= 11 is 5.91. The van der Waals surface area contributed by atoms with E-state index in [1.165, 1.54) is 12.1 Å². The van der Waals surface area contributed by atoms with Crippen molar-refractivity contribution in [3.05, 3.63) is 65.1 Å². The van der Waals surface area contributed by atoms with Gasteiger partial charge in [-0.3, -0.25) is 0 Å². The molecule has 0 unspecified atom stereocenters. The number of benzene rings is 1. The molecule has 0 radical (unpaired) electrons. The summed E-state index contributed by atoms with van der Waals surface area (Å²) in [5.74, 6) is -0.367. The summed E-state index contributed by atoms with van der Waals surface area (Å²) in [7, 11) is 0. The average Bonchev–Trinajstić information content (AvgIpc) is 2.87. The first kappa shape index (κ1) is 13.5. The van der Waals surface area contributed by atoms with Gasteiger partial charge < -0.3 is 14.2 Å². The van der Waals surface area contributed by atoms with Crippen molar-refractivity contribution >= 4 is 23.2 Å². The molecule has 0 aliphatic carbocycles. The first-order chi connectivity index (χ1) is 10.1. The van der Waals surface area contributed by atoms with Gasteiger partial charge in [-0.2, -0.15) is 0 Å². The zero-order chi connectivity index (χ0) is 14.8. The molecule has 0 aliphatic heterocycles. The maximum Gasteiger partial charge on any atom is 0.335 e. The molecule has 5 nitrogen and oxygen atoms in total. The lowest BCUT2D eigenvalue weighted by atomic mass is 10.2. The number of nitrogens with zero attached hydrogens (tertiary/aromatic N) is 2. The van der Waals surface area contributed by atoms with E-state index in [1.807, 2.05) is 16.7 Å². The molecular weight excluding hydrogens is 292 g/mol. The van der Waals surface area contributed by atoms with E-state index in [4.69, 9.17) is 21.4 Å². The monoisotopic (exact) mass is 302 g/mol. The minimum Gasteiger partial charge on any atom is -0.487 e. The normalized spacial score (nSPS) is 10.7. The van der Waals surface area contributed by atoms with Gasteiger partial charge in [0.2, 0.25) is 0 Å². The van der Waals surface area contributed by atoms with Crippen LogP contribution in [0.4, 0.5) is 0 Å². The zero-order valence-electron chi connectivity index (χ0n) is 10.9. The number of imidazole rings is 1. The van der Waals surface area contributed by atoms with E-state index in [0.717, 1.165) is 11.3 Å². The van der Waals surface area contributed by atoms with Crippen molar-refractivity contribution in [3.63, 3.8) is 0 Å². The Hall–Kier alpha value is -2.53. The van der Waals surface area contributed by atoms with Crippen LogP contribution >= 0.6 is 11.6 Å². The van der Waals surface area contributed by atoms with Crippen LogP contribution in [0.25, 0.3) is 5.65 Å². The Labute approximate surface area is 125 Å². The topological polar surface area (TPSA) is 63.8 Å². The predicted molar refractivity (Wildman–Crippen MR) is 77.9 cm³/mol. The fourth-order valence-corrected chi connectivity index (χ4v) is 2.11. The van der Waals surface area contributed by atoms with E-state index in [-0.39, 0.29) is 5.56 Å². The van der Waals surface area contributed by atoms with Crippen LogP contribution < -0.4 is 4.74 Å². The molecule has 0 bridgehead atoms. The summed E-state index contributed by atoms with van der Waals surface area (Å²) in [4.78, 5) is 15.2. The highest BCUT2D eigenvalue weighted by Crippen LogP contribution is 2.16. The van der Waals surface area contributed by atoms with Gasteiger partial charge in [0.05, 0.1) is 16.3 Å². The van der Waals surface area contributed by atoms with Gasteiger partial charge in [-0.1, -0.05) is 11.6 Å². The second-order valence-corrected chi connectivity index (χ2v) is 4.90. The Balaban J connectivity index is 1.72. The molecule has 0 fully saturated rings. The van der Waals surface area contributed by atoms with Crippen molar-refractivity contribution in [2.75, 3.05) is 0 Å². The summed E-state index contributed by atoms with van der Waals surface area (Å²) in [6.07, 6.45) is 3.61. The second kappa shape index (κ2) is 5.46. The first-order valence-corrected chi connectivity index (χ1v) is 6.59. The number of rotatable bonds is 4. The molecule has 0 spiro atoms. The number of halogens is 1. The SMILES string of the molecule is O=C(O)c1ccc(OCc2cn3cc(Cl)ccc3n2)cc1. The molecule has 21 heavy (non-hydrogen) atoms. The van der Waals surface area contributed by atoms with Gasteiger partial charge in [0, 0.05) is 12.4 Å². The zero-order valence-corrected chi connectivity index (χ0v) is 11.6. The largest absolute Gasteiger partial charge is 0.487 e. The number of fused-ring (bicyclic) bond motifs is 1. The highest BCUT2D eigenvalue weighted by molar-refractivity contribution is 6.30. The lowest BCUT2D eigenvalue weighted by molar-refractivity contribution is 0.0697. The molecule has 1 aromatic carbocycles. The Morgan fingerprint density at radius 3 is 2.67 bits per heavy atom. The lowest BCUT2D eigenvalue weighted by Crippen LogP contribution is -1.98. The molecule has 3 aromatic rings. The van der Waals surface area contributed by atoms with E-state index < -0.39 is 5.97 Å². The quantitative estimate of drug-likeness (QED) is 0.803. The number of ether oxygens (including phenoxy) is 1. The fraction of sp³-hybridized carbons (Fsp3) is 0.0667. The van der Waals surface area contributed by atoms with Gasteiger partial charge in [0.25, 0.3) is 0 Å². The van der Waals surface area contributed by atoms with Crippen LogP contribution in [0.3, 0.4) is 0 Å². The maximum atomic E-state index is 10.8. The van der Waals surface area contributed by atoms with E-state index in [1.54, 1.807) is 24.4 Å². The van der Waals surface area contributed by atoms with Crippen molar-refractivity contribution in [2.45, 2.75) is 6.61 Å². The number of carboxylic acids is 1. The number of carbonyl (C=O) groups is 1. The fourth-order valence-electron chi connectivity index (χ4n) is 1.94. The highest BCUT2D eigenvalue weighted by Gasteiger charge is 2.05. The van der Waals surface area contributed by atoms with Crippen LogP contribution in [-0.2, 0) is 6.61 Å².